The number of rotatable bonds is 4. The molecule has 2 aliphatic heterocycles. The Morgan fingerprint density at radius 2 is 1.87 bits per heavy atom. The third-order valence-corrected chi connectivity index (χ3v) is 6.41. The first kappa shape index (κ1) is 20.7. The number of halogens is 1. The lowest BCUT2D eigenvalue weighted by Crippen LogP contribution is -2.66. The minimum absolute atomic E-state index is 0.124. The summed E-state index contributed by atoms with van der Waals surface area (Å²) in [4.78, 5) is 14.7. The average molecular weight is 427 g/mol. The summed E-state index contributed by atoms with van der Waals surface area (Å²) in [7, 11) is 1.92. The molecule has 1 aromatic carbocycles. The molecule has 0 atom stereocenters. The molecule has 0 aliphatic carbocycles. The van der Waals surface area contributed by atoms with Crippen LogP contribution < -0.4 is 10.6 Å². The molecule has 1 amide bonds. The molecule has 1 aromatic heterocycles. The number of aromatic nitrogens is 2. The second-order valence-corrected chi connectivity index (χ2v) is 8.62. The number of aryl methyl sites for hydroxylation is 1. The first-order chi connectivity index (χ1) is 14.4. The molecule has 30 heavy (non-hydrogen) atoms. The summed E-state index contributed by atoms with van der Waals surface area (Å²) in [5.41, 5.74) is 5.03. The summed E-state index contributed by atoms with van der Waals surface area (Å²) in [5.74, 6) is 0.124. The number of piperazine rings is 1. The van der Waals surface area contributed by atoms with Crippen LogP contribution in [0.15, 0.2) is 54.0 Å². The smallest absolute Gasteiger partial charge is 0.241 e. The lowest BCUT2D eigenvalue weighted by Gasteiger charge is -2.44. The SMILES string of the molecule is C=C([ClH+])/C(=C(\C)c1ccc(-c2cnn(C)c2)cc1)N1CCC2(CC1)NCCNC2=O. The van der Waals surface area contributed by atoms with Crippen molar-refractivity contribution in [3.8, 4) is 11.1 Å². The molecular weight excluding hydrogens is 398 g/mol. The van der Waals surface area contributed by atoms with Crippen LogP contribution in [-0.2, 0) is 11.8 Å². The number of piperidine rings is 1. The van der Waals surface area contributed by atoms with Crippen LogP contribution in [0.5, 0.6) is 0 Å². The van der Waals surface area contributed by atoms with Gasteiger partial charge in [-0.25, -0.2) is 0 Å². The molecule has 0 bridgehead atoms. The maximum atomic E-state index is 12.4. The molecule has 158 valence electrons. The number of allylic oxidation sites excluding steroid dienone is 2. The monoisotopic (exact) mass is 426 g/mol. The number of benzene rings is 1. The zero-order valence-corrected chi connectivity index (χ0v) is 18.4. The normalized spacial score (nSPS) is 19.4. The maximum absolute atomic E-state index is 12.4. The maximum Gasteiger partial charge on any atom is 0.241 e. The van der Waals surface area contributed by atoms with Crippen molar-refractivity contribution in [3.05, 3.63) is 59.5 Å². The van der Waals surface area contributed by atoms with Crippen molar-refractivity contribution in [2.75, 3.05) is 26.2 Å². The van der Waals surface area contributed by atoms with Gasteiger partial charge >= 0.3 is 0 Å². The molecule has 2 N–H and O–H groups in total. The summed E-state index contributed by atoms with van der Waals surface area (Å²) >= 11 is 5.53. The van der Waals surface area contributed by atoms with E-state index in [2.05, 4.69) is 58.4 Å². The number of hydrogen-bond donors (Lipinski definition) is 2. The highest BCUT2D eigenvalue weighted by molar-refractivity contribution is 5.87. The van der Waals surface area contributed by atoms with Gasteiger partial charge in [0.05, 0.1) is 6.20 Å². The van der Waals surface area contributed by atoms with Gasteiger partial charge < -0.3 is 15.5 Å². The van der Waals surface area contributed by atoms with Crippen molar-refractivity contribution >= 4 is 11.5 Å². The Balaban J connectivity index is 1.56. The van der Waals surface area contributed by atoms with E-state index < -0.39 is 5.54 Å². The van der Waals surface area contributed by atoms with Gasteiger partial charge in [0.2, 0.25) is 10.9 Å². The molecule has 2 saturated heterocycles. The Hall–Kier alpha value is -2.57. The topological polar surface area (TPSA) is 62.2 Å². The van der Waals surface area contributed by atoms with Gasteiger partial charge in [-0.15, -0.1) is 0 Å². The van der Waals surface area contributed by atoms with E-state index in [0.717, 1.165) is 60.4 Å². The Morgan fingerprint density at radius 3 is 2.43 bits per heavy atom. The molecule has 7 heteroatoms. The molecule has 6 nitrogen and oxygen atoms in total. The van der Waals surface area contributed by atoms with Gasteiger partial charge in [0, 0.05) is 45.0 Å². The van der Waals surface area contributed by atoms with Crippen LogP contribution in [0.3, 0.4) is 0 Å². The highest BCUT2D eigenvalue weighted by Gasteiger charge is 2.43. The van der Waals surface area contributed by atoms with Gasteiger partial charge in [-0.1, -0.05) is 24.3 Å². The lowest BCUT2D eigenvalue weighted by molar-refractivity contribution is -0.299. The number of carbonyl (C=O) groups excluding carboxylic acids is 1. The molecule has 4 rings (SSSR count). The zero-order chi connectivity index (χ0) is 21.3. The summed E-state index contributed by atoms with van der Waals surface area (Å²) in [5, 5.41) is 11.3. The first-order valence-electron chi connectivity index (χ1n) is 10.3. The quantitative estimate of drug-likeness (QED) is 0.735. The van der Waals surface area contributed by atoms with E-state index in [-0.39, 0.29) is 5.91 Å². The van der Waals surface area contributed by atoms with E-state index in [4.69, 9.17) is 11.6 Å². The zero-order valence-electron chi connectivity index (χ0n) is 17.6. The Bertz CT molecular complexity index is 983. The summed E-state index contributed by atoms with van der Waals surface area (Å²) in [6.07, 6.45) is 5.40. The third-order valence-electron chi connectivity index (χ3n) is 6.22. The molecule has 0 saturated carbocycles. The third kappa shape index (κ3) is 3.89. The molecule has 2 aliphatic rings. The van der Waals surface area contributed by atoms with Gasteiger partial charge in [0.15, 0.2) is 11.6 Å². The van der Waals surface area contributed by atoms with Gasteiger partial charge in [0.25, 0.3) is 0 Å². The predicted molar refractivity (Wildman–Crippen MR) is 116 cm³/mol. The average Bonchev–Trinajstić information content (AvgIpc) is 3.18. The lowest BCUT2D eigenvalue weighted by atomic mass is 9.84. The van der Waals surface area contributed by atoms with Crippen LogP contribution in [-0.4, -0.2) is 52.3 Å². The van der Waals surface area contributed by atoms with Crippen LogP contribution in [0, 0.1) is 11.6 Å². The molecule has 3 heterocycles. The number of amides is 1. The van der Waals surface area contributed by atoms with Crippen molar-refractivity contribution in [2.24, 2.45) is 7.05 Å². The van der Waals surface area contributed by atoms with E-state index in [1.807, 2.05) is 19.4 Å². The largest absolute Gasteiger partial charge is 0.367 e. The van der Waals surface area contributed by atoms with Crippen LogP contribution in [0.1, 0.15) is 25.3 Å². The van der Waals surface area contributed by atoms with E-state index in [0.29, 0.717) is 11.6 Å². The molecule has 2 aromatic rings. The first-order valence-corrected chi connectivity index (χ1v) is 10.8. The van der Waals surface area contributed by atoms with Crippen molar-refractivity contribution in [3.63, 3.8) is 0 Å². The summed E-state index contributed by atoms with van der Waals surface area (Å²) in [6.45, 7) is 9.25. The van der Waals surface area contributed by atoms with Crippen LogP contribution in [0.25, 0.3) is 16.7 Å². The molecule has 2 fully saturated rings. The Morgan fingerprint density at radius 1 is 1.17 bits per heavy atom. The van der Waals surface area contributed by atoms with E-state index in [9.17, 15) is 4.79 Å². The highest BCUT2D eigenvalue weighted by atomic mass is 35.5. The molecule has 1 spiro atoms. The molecule has 0 unspecified atom stereocenters. The van der Waals surface area contributed by atoms with Gasteiger partial charge in [0.1, 0.15) is 11.2 Å². The second-order valence-electron chi connectivity index (χ2n) is 8.13. The fourth-order valence-corrected chi connectivity index (χ4v) is 4.77. The summed E-state index contributed by atoms with van der Waals surface area (Å²) < 4.78 is 1.80. The molecular formula is C23H29ClN5O+. The van der Waals surface area contributed by atoms with Crippen molar-refractivity contribution < 1.29 is 16.4 Å². The standard InChI is InChI=1S/C23H28ClN5O/c1-16(18-4-6-19(7-5-18)20-14-27-28(3)15-20)21(17(2)24)29-12-8-23(9-13-29)22(30)25-10-11-26-23/h4-7,14-15,24,26H,2,8-13H2,1,3H3/p+1/b21-16-. The number of hydrogen-bond acceptors (Lipinski definition) is 4. The van der Waals surface area contributed by atoms with Crippen molar-refractivity contribution in [1.82, 2.24) is 25.3 Å². The van der Waals surface area contributed by atoms with Gasteiger partial charge in [-0.3, -0.25) is 9.48 Å². The Kier molecular flexibility index (Phi) is 5.71. The number of nitrogens with zero attached hydrogens (tertiary/aromatic N) is 3. The minimum atomic E-state index is -0.443. The Labute approximate surface area is 182 Å². The van der Waals surface area contributed by atoms with Crippen LogP contribution in [0.4, 0.5) is 0 Å². The fourth-order valence-electron chi connectivity index (χ4n) is 4.49. The van der Waals surface area contributed by atoms with Crippen molar-refractivity contribution in [2.45, 2.75) is 25.3 Å². The number of carbonyl (C=O) groups is 1. The van der Waals surface area contributed by atoms with E-state index >= 15 is 0 Å². The predicted octanol–water partition coefficient (Wildman–Crippen LogP) is 2.17. The number of nitrogens with one attached hydrogen (secondary N) is 2. The van der Waals surface area contributed by atoms with Crippen LogP contribution >= 0.6 is 0 Å². The van der Waals surface area contributed by atoms with Gasteiger partial charge in [-0.2, -0.15) is 5.10 Å². The van der Waals surface area contributed by atoms with Crippen molar-refractivity contribution in [1.29, 1.82) is 0 Å². The second kappa shape index (κ2) is 8.28. The highest BCUT2D eigenvalue weighted by Crippen LogP contribution is 2.32. The number of likely N-dealkylation sites (tertiary alicyclic amines) is 1. The van der Waals surface area contributed by atoms with E-state index in [1.54, 1.807) is 4.68 Å². The van der Waals surface area contributed by atoms with E-state index in [1.165, 1.54) is 0 Å². The van der Waals surface area contributed by atoms with Crippen LogP contribution in [0.2, 0.25) is 0 Å². The minimum Gasteiger partial charge on any atom is -0.367 e. The summed E-state index contributed by atoms with van der Waals surface area (Å²) in [6, 6.07) is 8.47. The molecule has 0 radical (unpaired) electrons. The van der Waals surface area contributed by atoms with Gasteiger partial charge in [-0.05, 0) is 43.0 Å². The fraction of sp³-hybridized carbons (Fsp3) is 0.391.